The van der Waals surface area contributed by atoms with E-state index in [1.807, 2.05) is 48.5 Å². The first-order valence-corrected chi connectivity index (χ1v) is 10.3. The number of benzene rings is 2. The quantitative estimate of drug-likeness (QED) is 0.687. The third-order valence-corrected chi connectivity index (χ3v) is 5.50. The maximum absolute atomic E-state index is 12.9. The Hall–Kier alpha value is -3.61. The molecule has 7 nitrogen and oxygen atoms in total. The van der Waals surface area contributed by atoms with Crippen LogP contribution in [-0.4, -0.2) is 48.6 Å². The van der Waals surface area contributed by atoms with Crippen molar-refractivity contribution in [1.29, 1.82) is 0 Å². The van der Waals surface area contributed by atoms with Gasteiger partial charge in [0.1, 0.15) is 5.75 Å². The van der Waals surface area contributed by atoms with Crippen LogP contribution in [0.4, 0.5) is 0 Å². The fourth-order valence-corrected chi connectivity index (χ4v) is 3.95. The zero-order valence-corrected chi connectivity index (χ0v) is 17.6. The maximum atomic E-state index is 12.9. The van der Waals surface area contributed by atoms with Crippen LogP contribution in [0.25, 0.3) is 11.1 Å². The number of carbonyl (C=O) groups excluding carboxylic acids is 2. The van der Waals surface area contributed by atoms with E-state index in [0.29, 0.717) is 31.7 Å². The average molecular weight is 419 g/mol. The molecule has 1 N–H and O–H groups in total. The molecule has 1 atom stereocenters. The highest BCUT2D eigenvalue weighted by atomic mass is 16.5. The van der Waals surface area contributed by atoms with Crippen molar-refractivity contribution in [2.75, 3.05) is 26.7 Å². The number of nitrogens with one attached hydrogen (secondary N) is 1. The molecule has 0 unspecified atom stereocenters. The van der Waals surface area contributed by atoms with E-state index in [1.54, 1.807) is 25.0 Å². The second-order valence-electron chi connectivity index (χ2n) is 7.63. The predicted molar refractivity (Wildman–Crippen MR) is 116 cm³/mol. The minimum absolute atomic E-state index is 0.0566. The zero-order valence-electron chi connectivity index (χ0n) is 17.6. The highest BCUT2D eigenvalue weighted by molar-refractivity contribution is 5.92. The first-order valence-electron chi connectivity index (χ1n) is 10.3. The molecule has 0 spiro atoms. The molecule has 2 heterocycles. The van der Waals surface area contributed by atoms with E-state index >= 15 is 0 Å². The topological polar surface area (TPSA) is 84.7 Å². The van der Waals surface area contributed by atoms with Gasteiger partial charge in [0.05, 0.1) is 18.7 Å². The van der Waals surface area contributed by atoms with E-state index < -0.39 is 0 Å². The lowest BCUT2D eigenvalue weighted by Gasteiger charge is -2.23. The Morgan fingerprint density at radius 3 is 2.68 bits per heavy atom. The summed E-state index contributed by atoms with van der Waals surface area (Å²) in [5, 5.41) is 6.74. The molecular formula is C24H25N3O4. The molecule has 31 heavy (non-hydrogen) atoms. The van der Waals surface area contributed by atoms with Gasteiger partial charge in [-0.2, -0.15) is 0 Å². The Morgan fingerprint density at radius 1 is 1.19 bits per heavy atom. The molecule has 1 aromatic heterocycles. The number of aryl methyl sites for hydroxylation is 1. The number of ether oxygens (including phenoxy) is 1. The summed E-state index contributed by atoms with van der Waals surface area (Å²) in [4.78, 5) is 27.3. The Bertz CT molecular complexity index is 1090. The van der Waals surface area contributed by atoms with Gasteiger partial charge in [-0.1, -0.05) is 47.6 Å². The lowest BCUT2D eigenvalue weighted by Crippen LogP contribution is -2.37. The van der Waals surface area contributed by atoms with Gasteiger partial charge in [0.15, 0.2) is 0 Å². The van der Waals surface area contributed by atoms with Crippen molar-refractivity contribution in [3.05, 3.63) is 71.6 Å². The minimum atomic E-state index is -0.383. The van der Waals surface area contributed by atoms with Crippen molar-refractivity contribution in [2.45, 2.75) is 13.3 Å². The van der Waals surface area contributed by atoms with Crippen LogP contribution in [0.1, 0.15) is 21.8 Å². The molecule has 0 bridgehead atoms. The molecule has 1 aliphatic rings. The first-order chi connectivity index (χ1) is 15.1. The van der Waals surface area contributed by atoms with Crippen molar-refractivity contribution >= 4 is 11.8 Å². The van der Waals surface area contributed by atoms with Crippen molar-refractivity contribution in [3.8, 4) is 16.9 Å². The number of hydrogen-bond donors (Lipinski definition) is 1. The molecule has 1 saturated heterocycles. The highest BCUT2D eigenvalue weighted by Gasteiger charge is 2.30. The van der Waals surface area contributed by atoms with Gasteiger partial charge < -0.3 is 19.5 Å². The Labute approximate surface area is 181 Å². The van der Waals surface area contributed by atoms with Crippen LogP contribution in [0.3, 0.4) is 0 Å². The third kappa shape index (κ3) is 4.45. The van der Waals surface area contributed by atoms with E-state index in [9.17, 15) is 9.59 Å². The third-order valence-electron chi connectivity index (χ3n) is 5.50. The fraction of sp³-hybridized carbons (Fsp3) is 0.292. The Kier molecular flexibility index (Phi) is 6.02. The van der Waals surface area contributed by atoms with Gasteiger partial charge in [-0.15, -0.1) is 0 Å². The zero-order chi connectivity index (χ0) is 21.8. The smallest absolute Gasteiger partial charge is 0.292 e. The van der Waals surface area contributed by atoms with Gasteiger partial charge in [-0.25, -0.2) is 0 Å². The largest absolute Gasteiger partial charge is 0.496 e. The molecule has 0 radical (unpaired) electrons. The number of aromatic nitrogens is 1. The molecule has 3 aromatic rings. The summed E-state index contributed by atoms with van der Waals surface area (Å²) in [6, 6.07) is 17.4. The van der Waals surface area contributed by atoms with Gasteiger partial charge in [-0.05, 0) is 30.5 Å². The van der Waals surface area contributed by atoms with Crippen LogP contribution >= 0.6 is 0 Å². The SMILES string of the molecule is COc1ccccc1-c1ccccc1C[C@@H]1CN(C(=O)c2cc(C)no2)CCNC1=O. The summed E-state index contributed by atoms with van der Waals surface area (Å²) >= 11 is 0. The summed E-state index contributed by atoms with van der Waals surface area (Å²) in [6.07, 6.45) is 0.499. The van der Waals surface area contributed by atoms with E-state index in [-0.39, 0.29) is 23.5 Å². The van der Waals surface area contributed by atoms with Crippen molar-refractivity contribution in [1.82, 2.24) is 15.4 Å². The van der Waals surface area contributed by atoms with E-state index in [1.165, 1.54) is 0 Å². The van der Waals surface area contributed by atoms with E-state index in [4.69, 9.17) is 9.26 Å². The molecule has 1 aliphatic heterocycles. The van der Waals surface area contributed by atoms with Crippen LogP contribution in [0, 0.1) is 12.8 Å². The second-order valence-corrected chi connectivity index (χ2v) is 7.63. The molecule has 2 amide bonds. The van der Waals surface area contributed by atoms with Crippen molar-refractivity contribution in [3.63, 3.8) is 0 Å². The Balaban J connectivity index is 1.61. The molecular weight excluding hydrogens is 394 g/mol. The van der Waals surface area contributed by atoms with E-state index in [2.05, 4.69) is 10.5 Å². The van der Waals surface area contributed by atoms with Crippen molar-refractivity contribution in [2.24, 2.45) is 5.92 Å². The summed E-state index contributed by atoms with van der Waals surface area (Å²) < 4.78 is 10.7. The van der Waals surface area contributed by atoms with Crippen molar-refractivity contribution < 1.29 is 18.8 Å². The summed E-state index contributed by atoms with van der Waals surface area (Å²) in [7, 11) is 1.65. The van der Waals surface area contributed by atoms with Crippen LogP contribution in [-0.2, 0) is 11.2 Å². The van der Waals surface area contributed by atoms with Gasteiger partial charge in [0.2, 0.25) is 11.7 Å². The number of methoxy groups -OCH3 is 1. The molecule has 1 fully saturated rings. The van der Waals surface area contributed by atoms with Crippen LogP contribution in [0.5, 0.6) is 5.75 Å². The number of hydrogen-bond acceptors (Lipinski definition) is 5. The second kappa shape index (κ2) is 9.04. The molecule has 2 aromatic carbocycles. The summed E-state index contributed by atoms with van der Waals surface area (Å²) in [5.41, 5.74) is 3.66. The first kappa shape index (κ1) is 20.7. The molecule has 4 rings (SSSR count). The van der Waals surface area contributed by atoms with Gasteiger partial charge in [0.25, 0.3) is 5.91 Å². The predicted octanol–water partition coefficient (Wildman–Crippen LogP) is 3.09. The number of amides is 2. The summed E-state index contributed by atoms with van der Waals surface area (Å²) in [5.74, 6) is 0.281. The van der Waals surface area contributed by atoms with Gasteiger partial charge >= 0.3 is 0 Å². The lowest BCUT2D eigenvalue weighted by molar-refractivity contribution is -0.124. The lowest BCUT2D eigenvalue weighted by atomic mass is 9.91. The fourth-order valence-electron chi connectivity index (χ4n) is 3.95. The standard InChI is InChI=1S/C24H25N3O4/c1-16-13-22(31-26-16)24(29)27-12-11-25-23(28)18(15-27)14-17-7-3-4-8-19(17)20-9-5-6-10-21(20)30-2/h3-10,13,18H,11-12,14-15H2,1-2H3,(H,25,28)/t18-/m1/s1. The normalized spacial score (nSPS) is 16.5. The van der Waals surface area contributed by atoms with Crippen LogP contribution < -0.4 is 10.1 Å². The van der Waals surface area contributed by atoms with E-state index in [0.717, 1.165) is 22.4 Å². The average Bonchev–Trinajstić information content (AvgIpc) is 3.15. The molecule has 0 saturated carbocycles. The molecule has 7 heteroatoms. The Morgan fingerprint density at radius 2 is 1.94 bits per heavy atom. The minimum Gasteiger partial charge on any atom is -0.496 e. The number of nitrogens with zero attached hydrogens (tertiary/aromatic N) is 2. The maximum Gasteiger partial charge on any atom is 0.292 e. The highest BCUT2D eigenvalue weighted by Crippen LogP contribution is 2.33. The van der Waals surface area contributed by atoms with Crippen LogP contribution in [0.15, 0.2) is 59.1 Å². The van der Waals surface area contributed by atoms with Gasteiger partial charge in [-0.3, -0.25) is 9.59 Å². The molecule has 160 valence electrons. The van der Waals surface area contributed by atoms with Crippen LogP contribution in [0.2, 0.25) is 0 Å². The summed E-state index contributed by atoms with van der Waals surface area (Å²) in [6.45, 7) is 2.91. The number of carbonyl (C=O) groups is 2. The number of para-hydroxylation sites is 1. The monoisotopic (exact) mass is 419 g/mol. The van der Waals surface area contributed by atoms with Gasteiger partial charge in [0, 0.05) is 31.3 Å². The molecule has 0 aliphatic carbocycles. The number of rotatable bonds is 5.